The minimum absolute atomic E-state index is 0.558. The molecule has 202 valence electrons. The maximum absolute atomic E-state index is 9.55. The van der Waals surface area contributed by atoms with Crippen molar-refractivity contribution < 1.29 is 19.8 Å². The van der Waals surface area contributed by atoms with Gasteiger partial charge in [-0.3, -0.25) is 0 Å². The molecule has 34 heavy (non-hydrogen) atoms. The third-order valence-electron chi connectivity index (χ3n) is 5.67. The maximum Gasteiger partial charge on any atom is 0.328 e. The molecule has 0 fully saturated rings. The average molecular weight is 696 g/mol. The topological polar surface area (TPSA) is 74.6 Å². The fourth-order valence-electron chi connectivity index (χ4n) is 3.45. The van der Waals surface area contributed by atoms with Crippen molar-refractivity contribution in [3.8, 4) is 0 Å². The van der Waals surface area contributed by atoms with Gasteiger partial charge in [-0.25, -0.2) is 9.59 Å². The second kappa shape index (κ2) is 33.3. The van der Waals surface area contributed by atoms with Gasteiger partial charge in [-0.1, -0.05) is 0 Å². The molecule has 0 rings (SSSR count). The summed E-state index contributed by atoms with van der Waals surface area (Å²) in [6.45, 7) is 14.0. The molecule has 0 saturated heterocycles. The number of aliphatic carboxylic acids is 2. The van der Waals surface area contributed by atoms with Gasteiger partial charge in [-0.2, -0.15) is 0 Å². The van der Waals surface area contributed by atoms with Gasteiger partial charge in [0.2, 0.25) is 0 Å². The second-order valence-corrected chi connectivity index (χ2v) is 26.3. The number of carboxylic acid groups (broad SMARTS) is 2. The predicted octanol–water partition coefficient (Wildman–Crippen LogP) is 9.47. The van der Waals surface area contributed by atoms with E-state index in [0.717, 1.165) is 0 Å². The quantitative estimate of drug-likeness (QED) is 0.0983. The Morgan fingerprint density at radius 1 is 0.471 bits per heavy atom. The minimum Gasteiger partial charge on any atom is -0.478 e. The van der Waals surface area contributed by atoms with E-state index in [2.05, 4.69) is 41.5 Å². The zero-order valence-corrected chi connectivity index (χ0v) is 29.3. The Labute approximate surface area is 227 Å². The molecular formula is C28H58O4Sn2. The van der Waals surface area contributed by atoms with E-state index in [-0.39, 0.29) is 0 Å². The Bertz CT molecular complexity index is 378. The fourth-order valence-corrected chi connectivity index (χ4v) is 22.4. The molecule has 2 radical (unpaired) electrons. The maximum atomic E-state index is 9.55. The third kappa shape index (κ3) is 36.8. The van der Waals surface area contributed by atoms with E-state index in [4.69, 9.17) is 10.2 Å². The second-order valence-electron chi connectivity index (χ2n) is 9.13. The van der Waals surface area contributed by atoms with E-state index < -0.39 is 51.5 Å². The normalized spacial score (nSPS) is 10.7. The van der Waals surface area contributed by atoms with Gasteiger partial charge in [0, 0.05) is 12.2 Å². The molecule has 2 N–H and O–H groups in total. The Morgan fingerprint density at radius 2 is 0.647 bits per heavy atom. The molecule has 0 aliphatic carbocycles. The summed E-state index contributed by atoms with van der Waals surface area (Å²) < 4.78 is 10.1. The monoisotopic (exact) mass is 698 g/mol. The van der Waals surface area contributed by atoms with E-state index in [1.54, 1.807) is 26.6 Å². The van der Waals surface area contributed by atoms with E-state index in [9.17, 15) is 9.59 Å². The number of unbranched alkanes of at least 4 members (excludes halogenated alkanes) is 6. The van der Waals surface area contributed by atoms with Crippen molar-refractivity contribution in [1.82, 2.24) is 0 Å². The third-order valence-corrected chi connectivity index (χ3v) is 23.8. The standard InChI is InChI=1S/C4H4O4.6C4H9.2Sn/c5-3(6)1-2-4(7)8;6*1-3-4-2;;/h1-2H,(H,5,6)(H,7,8);6*1,3-4H2,2H3;;/b2-1+;;;;;;;;. The molecule has 0 saturated carbocycles. The van der Waals surface area contributed by atoms with Crippen molar-refractivity contribution in [1.29, 1.82) is 0 Å². The number of hydrogen-bond acceptors (Lipinski definition) is 2. The van der Waals surface area contributed by atoms with Crippen LogP contribution in [0.1, 0.15) is 119 Å². The van der Waals surface area contributed by atoms with Crippen LogP contribution in [0.3, 0.4) is 0 Å². The predicted molar refractivity (Wildman–Crippen MR) is 154 cm³/mol. The molecule has 0 amide bonds. The molecule has 0 aromatic rings. The summed E-state index contributed by atoms with van der Waals surface area (Å²) in [5.74, 6) is -2.51. The summed E-state index contributed by atoms with van der Waals surface area (Å²) in [7, 11) is 0. The van der Waals surface area contributed by atoms with Crippen LogP contribution in [0.5, 0.6) is 0 Å². The van der Waals surface area contributed by atoms with Crippen LogP contribution >= 0.6 is 0 Å². The summed E-state index contributed by atoms with van der Waals surface area (Å²) in [5.41, 5.74) is 0. The molecule has 0 aliphatic rings. The smallest absolute Gasteiger partial charge is 0.328 e. The van der Waals surface area contributed by atoms with E-state index in [0.29, 0.717) is 12.2 Å². The molecule has 0 aromatic carbocycles. The van der Waals surface area contributed by atoms with Gasteiger partial charge in [0.15, 0.2) is 0 Å². The van der Waals surface area contributed by atoms with Gasteiger partial charge in [0.25, 0.3) is 0 Å². The minimum atomic E-state index is -1.26. The van der Waals surface area contributed by atoms with Crippen LogP contribution in [0, 0.1) is 0 Å². The zero-order chi connectivity index (χ0) is 26.5. The van der Waals surface area contributed by atoms with Crippen molar-refractivity contribution in [2.45, 2.75) is 145 Å². The van der Waals surface area contributed by atoms with Gasteiger partial charge in [0.05, 0.1) is 0 Å². The van der Waals surface area contributed by atoms with Crippen molar-refractivity contribution in [2.24, 2.45) is 0 Å². The number of carbonyl (C=O) groups is 2. The van der Waals surface area contributed by atoms with Crippen LogP contribution < -0.4 is 0 Å². The zero-order valence-electron chi connectivity index (χ0n) is 23.6. The summed E-state index contributed by atoms with van der Waals surface area (Å²) in [6, 6.07) is 0. The van der Waals surface area contributed by atoms with Crippen LogP contribution in [0.4, 0.5) is 0 Å². The van der Waals surface area contributed by atoms with Crippen molar-refractivity contribution >= 4 is 51.5 Å². The van der Waals surface area contributed by atoms with Crippen LogP contribution in [0.2, 0.25) is 26.6 Å². The molecule has 0 unspecified atom stereocenters. The first-order valence-corrected chi connectivity index (χ1v) is 26.2. The van der Waals surface area contributed by atoms with E-state index in [1.165, 1.54) is 77.0 Å². The molecule has 0 aliphatic heterocycles. The van der Waals surface area contributed by atoms with Crippen LogP contribution in [0.15, 0.2) is 12.2 Å². The number of hydrogen-bond donors (Lipinski definition) is 2. The van der Waals surface area contributed by atoms with E-state index >= 15 is 0 Å². The van der Waals surface area contributed by atoms with Crippen molar-refractivity contribution in [3.63, 3.8) is 0 Å². The molecule has 0 atom stereocenters. The number of rotatable bonds is 20. The Balaban J connectivity index is -0.000000438. The van der Waals surface area contributed by atoms with Crippen LogP contribution in [0.25, 0.3) is 0 Å². The molecule has 0 heterocycles. The average Bonchev–Trinajstić information content (AvgIpc) is 2.82. The summed E-state index contributed by atoms with van der Waals surface area (Å²) in [4.78, 5) is 19.1. The largest absolute Gasteiger partial charge is 0.478 e. The molecular weight excluding hydrogens is 638 g/mol. The van der Waals surface area contributed by atoms with Gasteiger partial charge < -0.3 is 10.2 Å². The van der Waals surface area contributed by atoms with Gasteiger partial charge in [-0.05, 0) is 0 Å². The van der Waals surface area contributed by atoms with Gasteiger partial charge in [0.1, 0.15) is 0 Å². The van der Waals surface area contributed by atoms with Crippen molar-refractivity contribution in [2.75, 3.05) is 0 Å². The fraction of sp³-hybridized carbons (Fsp3) is 0.857. The van der Waals surface area contributed by atoms with Crippen molar-refractivity contribution in [3.05, 3.63) is 12.2 Å². The molecule has 4 nitrogen and oxygen atoms in total. The Hall–Kier alpha value is 0.277. The molecule has 0 bridgehead atoms. The molecule has 0 aromatic heterocycles. The Kier molecular flexibility index (Phi) is 38.0. The number of carboxylic acids is 2. The van der Waals surface area contributed by atoms with E-state index in [1.807, 2.05) is 0 Å². The molecule has 0 spiro atoms. The SMILES string of the molecule is CCC[CH2][Sn]([CH2]CCC)[CH2]CCC.CCC[CH2][Sn]([CH2]CCC)[CH2]CCC.O=C(O)/C=C/C(=O)O. The van der Waals surface area contributed by atoms with Gasteiger partial charge >= 0.3 is 197 Å². The summed E-state index contributed by atoms with van der Waals surface area (Å²) in [5, 5.41) is 15.6. The van der Waals surface area contributed by atoms with Crippen LogP contribution in [-0.4, -0.2) is 61.7 Å². The first-order chi connectivity index (χ1) is 16.3. The molecule has 6 heteroatoms. The summed E-state index contributed by atoms with van der Waals surface area (Å²) in [6.07, 6.45) is 18.8. The summed E-state index contributed by atoms with van der Waals surface area (Å²) >= 11 is -1.68. The Morgan fingerprint density at radius 3 is 0.765 bits per heavy atom. The van der Waals surface area contributed by atoms with Crippen LogP contribution in [-0.2, 0) is 9.59 Å². The van der Waals surface area contributed by atoms with Gasteiger partial charge in [-0.15, -0.1) is 0 Å². The first-order valence-electron chi connectivity index (χ1n) is 14.1. The first kappa shape index (κ1) is 38.8.